The predicted molar refractivity (Wildman–Crippen MR) is 112 cm³/mol. The molecule has 0 saturated carbocycles. The number of aryl methyl sites for hydroxylation is 1. The zero-order valence-corrected chi connectivity index (χ0v) is 17.1. The van der Waals surface area contributed by atoms with Crippen molar-refractivity contribution in [2.45, 2.75) is 45.3 Å². The van der Waals surface area contributed by atoms with Crippen molar-refractivity contribution in [3.8, 4) is 0 Å². The van der Waals surface area contributed by atoms with E-state index in [4.69, 9.17) is 4.74 Å². The van der Waals surface area contributed by atoms with Gasteiger partial charge < -0.3 is 19.2 Å². The van der Waals surface area contributed by atoms with Crippen molar-refractivity contribution in [3.63, 3.8) is 0 Å². The van der Waals surface area contributed by atoms with Crippen LogP contribution in [0.15, 0.2) is 43.0 Å². The van der Waals surface area contributed by atoms with Crippen LogP contribution in [0.4, 0.5) is 0 Å². The number of aromatic nitrogens is 3. The first-order valence-electron chi connectivity index (χ1n) is 10.5. The van der Waals surface area contributed by atoms with Crippen LogP contribution in [0.2, 0.25) is 0 Å². The van der Waals surface area contributed by atoms with Crippen LogP contribution in [0.3, 0.4) is 0 Å². The van der Waals surface area contributed by atoms with Gasteiger partial charge >= 0.3 is 5.97 Å². The molecule has 2 aliphatic rings. The minimum atomic E-state index is -0.446. The second-order valence-corrected chi connectivity index (χ2v) is 8.60. The molecule has 2 saturated heterocycles. The molecule has 30 heavy (non-hydrogen) atoms. The number of amides is 1. The van der Waals surface area contributed by atoms with Crippen LogP contribution in [0, 0.1) is 12.3 Å². The summed E-state index contributed by atoms with van der Waals surface area (Å²) < 4.78 is 7.62. The second-order valence-electron chi connectivity index (χ2n) is 8.60. The lowest BCUT2D eigenvalue weighted by molar-refractivity contribution is -0.152. The monoisotopic (exact) mass is 406 g/mol. The van der Waals surface area contributed by atoms with Crippen molar-refractivity contribution in [1.29, 1.82) is 0 Å². The molecule has 7 nitrogen and oxygen atoms in total. The number of nitrogens with one attached hydrogen (secondary N) is 1. The van der Waals surface area contributed by atoms with Crippen LogP contribution in [-0.4, -0.2) is 50.5 Å². The van der Waals surface area contributed by atoms with Gasteiger partial charge in [0.15, 0.2) is 0 Å². The maximum atomic E-state index is 13.0. The number of fused-ring (bicyclic) bond motifs is 1. The zero-order chi connectivity index (χ0) is 20.7. The van der Waals surface area contributed by atoms with Crippen LogP contribution in [0.5, 0.6) is 0 Å². The number of piperidine rings is 1. The lowest BCUT2D eigenvalue weighted by Crippen LogP contribution is -2.45. The molecule has 156 valence electrons. The number of likely N-dealkylation sites (tertiary alicyclic amines) is 1. The fourth-order valence-corrected chi connectivity index (χ4v) is 4.99. The van der Waals surface area contributed by atoms with Gasteiger partial charge in [-0.25, -0.2) is 4.98 Å². The molecule has 0 aliphatic carbocycles. The summed E-state index contributed by atoms with van der Waals surface area (Å²) in [5.41, 5.74) is 2.72. The fourth-order valence-electron chi connectivity index (χ4n) is 4.99. The van der Waals surface area contributed by atoms with Gasteiger partial charge in [-0.3, -0.25) is 9.59 Å². The molecule has 5 rings (SSSR count). The molecule has 1 N–H and O–H groups in total. The molecule has 4 heterocycles. The number of H-pyrrole nitrogens is 1. The summed E-state index contributed by atoms with van der Waals surface area (Å²) >= 11 is 0. The predicted octanol–water partition coefficient (Wildman–Crippen LogP) is 2.84. The summed E-state index contributed by atoms with van der Waals surface area (Å²) in [6, 6.07) is 8.09. The average Bonchev–Trinajstić information content (AvgIpc) is 3.43. The van der Waals surface area contributed by atoms with Gasteiger partial charge in [0, 0.05) is 48.5 Å². The van der Waals surface area contributed by atoms with Crippen molar-refractivity contribution in [1.82, 2.24) is 19.4 Å². The topological polar surface area (TPSA) is 80.2 Å². The number of nitrogens with zero attached hydrogens (tertiary/aromatic N) is 3. The highest BCUT2D eigenvalue weighted by molar-refractivity contribution is 5.90. The first-order valence-corrected chi connectivity index (χ1v) is 10.5. The Morgan fingerprint density at radius 1 is 1.30 bits per heavy atom. The van der Waals surface area contributed by atoms with Crippen molar-refractivity contribution in [2.75, 3.05) is 13.1 Å². The number of aromatic amines is 1. The molecule has 2 aliphatic heterocycles. The van der Waals surface area contributed by atoms with Crippen LogP contribution in [0.1, 0.15) is 30.5 Å². The van der Waals surface area contributed by atoms with Gasteiger partial charge in [0.25, 0.3) is 0 Å². The number of esters is 1. The van der Waals surface area contributed by atoms with Gasteiger partial charge in [-0.05, 0) is 31.4 Å². The fraction of sp³-hybridized carbons (Fsp3) is 0.435. The highest BCUT2D eigenvalue weighted by atomic mass is 16.6. The summed E-state index contributed by atoms with van der Waals surface area (Å²) in [5, 5.41) is 1.11. The molecule has 0 radical (unpaired) electrons. The summed E-state index contributed by atoms with van der Waals surface area (Å²) in [6.45, 7) is 3.86. The third-order valence-corrected chi connectivity index (χ3v) is 6.73. The number of para-hydroxylation sites is 1. The lowest BCUT2D eigenvalue weighted by atomic mass is 9.76. The zero-order valence-electron chi connectivity index (χ0n) is 17.1. The minimum absolute atomic E-state index is 0.104. The standard InChI is InChI=1S/C23H26N4O3/c1-16-19(18-4-2-3-5-20(18)25-16)12-21(28)27-9-6-23(7-10-27)13-17(30-22(23)29)14-26-11-8-24-15-26/h2-5,8,11,15,17,25H,6-7,9-10,12-14H2,1H3. The van der Waals surface area contributed by atoms with Gasteiger partial charge in [-0.1, -0.05) is 18.2 Å². The molecule has 0 bridgehead atoms. The van der Waals surface area contributed by atoms with E-state index in [9.17, 15) is 9.59 Å². The van der Waals surface area contributed by atoms with Crippen LogP contribution < -0.4 is 0 Å². The molecule has 1 unspecified atom stereocenters. The molecule has 1 atom stereocenters. The number of hydrogen-bond acceptors (Lipinski definition) is 4. The Labute approximate surface area is 175 Å². The Morgan fingerprint density at radius 3 is 2.87 bits per heavy atom. The Morgan fingerprint density at radius 2 is 2.10 bits per heavy atom. The summed E-state index contributed by atoms with van der Waals surface area (Å²) in [5.74, 6) is 0.0196. The van der Waals surface area contributed by atoms with Gasteiger partial charge in [-0.2, -0.15) is 0 Å². The van der Waals surface area contributed by atoms with Crippen molar-refractivity contribution >= 4 is 22.8 Å². The van der Waals surface area contributed by atoms with E-state index in [-0.39, 0.29) is 18.0 Å². The second kappa shape index (κ2) is 7.31. The molecule has 3 aromatic rings. The van der Waals surface area contributed by atoms with Crippen molar-refractivity contribution in [2.24, 2.45) is 5.41 Å². The molecular weight excluding hydrogens is 380 g/mol. The number of hydrogen-bond donors (Lipinski definition) is 1. The SMILES string of the molecule is Cc1[nH]c2ccccc2c1CC(=O)N1CCC2(CC1)CC(Cn1ccnc1)OC2=O. The highest BCUT2D eigenvalue weighted by Gasteiger charge is 2.50. The summed E-state index contributed by atoms with van der Waals surface area (Å²) in [7, 11) is 0. The van der Waals surface area contributed by atoms with E-state index >= 15 is 0 Å². The van der Waals surface area contributed by atoms with Gasteiger partial charge in [0.2, 0.25) is 5.91 Å². The van der Waals surface area contributed by atoms with Crippen LogP contribution in [-0.2, 0) is 27.3 Å². The van der Waals surface area contributed by atoms with Crippen LogP contribution >= 0.6 is 0 Å². The number of rotatable bonds is 4. The molecule has 1 aromatic carbocycles. The Kier molecular flexibility index (Phi) is 4.60. The maximum absolute atomic E-state index is 13.0. The molecule has 1 spiro atoms. The number of cyclic esters (lactones) is 1. The minimum Gasteiger partial charge on any atom is -0.460 e. The van der Waals surface area contributed by atoms with E-state index in [1.165, 1.54) is 0 Å². The third kappa shape index (κ3) is 3.28. The highest BCUT2D eigenvalue weighted by Crippen LogP contribution is 2.43. The molecule has 2 fully saturated rings. The number of carbonyl (C=O) groups excluding carboxylic acids is 2. The smallest absolute Gasteiger partial charge is 0.312 e. The third-order valence-electron chi connectivity index (χ3n) is 6.73. The maximum Gasteiger partial charge on any atom is 0.312 e. The van der Waals surface area contributed by atoms with Gasteiger partial charge in [0.05, 0.1) is 24.7 Å². The summed E-state index contributed by atoms with van der Waals surface area (Å²) in [6.07, 6.45) is 7.67. The number of carbonyl (C=O) groups is 2. The first kappa shape index (κ1) is 18.9. The van der Waals surface area contributed by atoms with E-state index in [1.807, 2.05) is 40.8 Å². The lowest BCUT2D eigenvalue weighted by Gasteiger charge is -2.36. The number of ether oxygens (including phenoxy) is 1. The van der Waals surface area contributed by atoms with E-state index in [0.717, 1.165) is 22.2 Å². The molecule has 7 heteroatoms. The normalized spacial score (nSPS) is 20.8. The van der Waals surface area contributed by atoms with E-state index in [0.29, 0.717) is 45.3 Å². The molecular formula is C23H26N4O3. The summed E-state index contributed by atoms with van der Waals surface area (Å²) in [4.78, 5) is 35.0. The Bertz CT molecular complexity index is 1080. The number of imidazole rings is 1. The largest absolute Gasteiger partial charge is 0.460 e. The van der Waals surface area contributed by atoms with E-state index < -0.39 is 5.41 Å². The Balaban J connectivity index is 1.23. The van der Waals surface area contributed by atoms with Crippen molar-refractivity contribution < 1.29 is 14.3 Å². The average molecular weight is 406 g/mol. The quantitative estimate of drug-likeness (QED) is 0.676. The van der Waals surface area contributed by atoms with E-state index in [2.05, 4.69) is 16.0 Å². The first-order chi connectivity index (χ1) is 14.5. The number of benzene rings is 1. The van der Waals surface area contributed by atoms with Crippen molar-refractivity contribution in [3.05, 3.63) is 54.2 Å². The van der Waals surface area contributed by atoms with Gasteiger partial charge in [0.1, 0.15) is 6.10 Å². The van der Waals surface area contributed by atoms with E-state index in [1.54, 1.807) is 12.5 Å². The van der Waals surface area contributed by atoms with Crippen LogP contribution in [0.25, 0.3) is 10.9 Å². The molecule has 2 aromatic heterocycles. The molecule has 1 amide bonds. The Hall–Kier alpha value is -3.09. The van der Waals surface area contributed by atoms with Gasteiger partial charge in [-0.15, -0.1) is 0 Å².